The third-order valence-corrected chi connectivity index (χ3v) is 3.56. The van der Waals surface area contributed by atoms with Crippen molar-refractivity contribution in [2.45, 2.75) is 6.92 Å². The summed E-state index contributed by atoms with van der Waals surface area (Å²) in [6, 6.07) is 9.09. The zero-order chi connectivity index (χ0) is 14.3. The molecule has 0 amide bonds. The van der Waals surface area contributed by atoms with Crippen LogP contribution in [0.3, 0.4) is 0 Å². The summed E-state index contributed by atoms with van der Waals surface area (Å²) < 4.78 is 1.53. The van der Waals surface area contributed by atoms with Crippen molar-refractivity contribution in [3.8, 4) is 11.1 Å². The molecule has 0 atom stereocenters. The van der Waals surface area contributed by atoms with E-state index in [1.165, 1.54) is 4.57 Å². The molecule has 0 aliphatic heterocycles. The molecule has 0 saturated heterocycles. The Bertz CT molecular complexity index is 871. The second-order valence-electron chi connectivity index (χ2n) is 4.60. The molecule has 20 heavy (non-hydrogen) atoms. The van der Waals surface area contributed by atoms with E-state index in [1.54, 1.807) is 32.3 Å². The van der Waals surface area contributed by atoms with Crippen LogP contribution in [-0.2, 0) is 7.05 Å². The van der Waals surface area contributed by atoms with Crippen molar-refractivity contribution in [2.24, 2.45) is 7.05 Å². The maximum atomic E-state index is 12.5. The van der Waals surface area contributed by atoms with Gasteiger partial charge in [0.1, 0.15) is 11.5 Å². The molecular weight excluding hydrogens is 274 g/mol. The first-order valence-corrected chi connectivity index (χ1v) is 6.54. The smallest absolute Gasteiger partial charge is 0.259 e. The number of nitrogens with zero attached hydrogens (tertiary/aromatic N) is 3. The summed E-state index contributed by atoms with van der Waals surface area (Å²) in [5.41, 5.74) is 1.78. The Morgan fingerprint density at radius 3 is 2.70 bits per heavy atom. The zero-order valence-corrected chi connectivity index (χ0v) is 11.8. The Kier molecular flexibility index (Phi) is 3.03. The monoisotopic (exact) mass is 285 g/mol. The average Bonchev–Trinajstić information content (AvgIpc) is 2.44. The number of rotatable bonds is 1. The fourth-order valence-electron chi connectivity index (χ4n) is 2.20. The first-order valence-electron chi connectivity index (χ1n) is 6.16. The summed E-state index contributed by atoms with van der Waals surface area (Å²) >= 11 is 6.18. The highest BCUT2D eigenvalue weighted by Crippen LogP contribution is 2.26. The van der Waals surface area contributed by atoms with Crippen LogP contribution in [0, 0.1) is 6.92 Å². The van der Waals surface area contributed by atoms with E-state index in [0.29, 0.717) is 22.1 Å². The third kappa shape index (κ3) is 1.98. The van der Waals surface area contributed by atoms with Gasteiger partial charge in [-0.1, -0.05) is 29.8 Å². The van der Waals surface area contributed by atoms with Crippen LogP contribution in [0.4, 0.5) is 0 Å². The average molecular weight is 286 g/mol. The molecule has 0 N–H and O–H groups in total. The molecule has 2 heterocycles. The predicted octanol–water partition coefficient (Wildman–Crippen LogP) is 2.96. The van der Waals surface area contributed by atoms with Gasteiger partial charge < -0.3 is 0 Å². The lowest BCUT2D eigenvalue weighted by atomic mass is 10.1. The second kappa shape index (κ2) is 4.72. The molecule has 3 aromatic rings. The lowest BCUT2D eigenvalue weighted by Crippen LogP contribution is -2.20. The number of hydrogen-bond donors (Lipinski definition) is 0. The fourth-order valence-corrected chi connectivity index (χ4v) is 2.44. The Labute approximate surface area is 120 Å². The van der Waals surface area contributed by atoms with Crippen LogP contribution in [0.1, 0.15) is 5.82 Å². The van der Waals surface area contributed by atoms with Crippen LogP contribution < -0.4 is 5.56 Å². The standard InChI is InChI=1S/C15H12ClN3O/c1-9-17-8-10-7-12(11-5-3-4-6-13(11)16)15(20)19(2)14(10)18-9/h3-8H,1-2H3. The van der Waals surface area contributed by atoms with Gasteiger partial charge in [-0.2, -0.15) is 0 Å². The van der Waals surface area contributed by atoms with Crippen molar-refractivity contribution in [1.82, 2.24) is 14.5 Å². The molecule has 4 nitrogen and oxygen atoms in total. The highest BCUT2D eigenvalue weighted by Gasteiger charge is 2.12. The van der Waals surface area contributed by atoms with Crippen LogP contribution in [-0.4, -0.2) is 14.5 Å². The Hall–Kier alpha value is -2.20. The SMILES string of the molecule is Cc1ncc2cc(-c3ccccc3Cl)c(=O)n(C)c2n1. The van der Waals surface area contributed by atoms with Crippen molar-refractivity contribution in [1.29, 1.82) is 0 Å². The molecule has 0 aliphatic carbocycles. The first-order chi connectivity index (χ1) is 9.58. The highest BCUT2D eigenvalue weighted by molar-refractivity contribution is 6.33. The number of hydrogen-bond acceptors (Lipinski definition) is 3. The third-order valence-electron chi connectivity index (χ3n) is 3.23. The van der Waals surface area contributed by atoms with Crippen molar-refractivity contribution >= 4 is 22.6 Å². The van der Waals surface area contributed by atoms with Gasteiger partial charge in [0.2, 0.25) is 0 Å². The van der Waals surface area contributed by atoms with Crippen LogP contribution in [0.25, 0.3) is 22.2 Å². The lowest BCUT2D eigenvalue weighted by Gasteiger charge is -2.09. The van der Waals surface area contributed by atoms with E-state index in [0.717, 1.165) is 10.9 Å². The summed E-state index contributed by atoms with van der Waals surface area (Å²) in [6.07, 6.45) is 1.72. The molecule has 0 fully saturated rings. The van der Waals surface area contributed by atoms with Gasteiger partial charge in [0.05, 0.1) is 0 Å². The number of benzene rings is 1. The van der Waals surface area contributed by atoms with E-state index in [1.807, 2.05) is 18.2 Å². The van der Waals surface area contributed by atoms with Crippen molar-refractivity contribution < 1.29 is 0 Å². The van der Waals surface area contributed by atoms with Gasteiger partial charge in [-0.25, -0.2) is 9.97 Å². The Morgan fingerprint density at radius 1 is 1.20 bits per heavy atom. The topological polar surface area (TPSA) is 47.8 Å². The minimum absolute atomic E-state index is 0.122. The number of aromatic nitrogens is 3. The van der Waals surface area contributed by atoms with Gasteiger partial charge >= 0.3 is 0 Å². The van der Waals surface area contributed by atoms with Gasteiger partial charge in [0, 0.05) is 34.8 Å². The summed E-state index contributed by atoms with van der Waals surface area (Å²) in [6.45, 7) is 1.80. The van der Waals surface area contributed by atoms with Gasteiger partial charge in [0.15, 0.2) is 0 Å². The maximum absolute atomic E-state index is 12.5. The van der Waals surface area contributed by atoms with Crippen LogP contribution >= 0.6 is 11.6 Å². The zero-order valence-electron chi connectivity index (χ0n) is 11.1. The van der Waals surface area contributed by atoms with Gasteiger partial charge in [-0.15, -0.1) is 0 Å². The minimum Gasteiger partial charge on any atom is -0.295 e. The molecule has 2 aromatic heterocycles. The van der Waals surface area contributed by atoms with E-state index in [4.69, 9.17) is 11.6 Å². The number of pyridine rings is 1. The molecule has 0 bridgehead atoms. The fraction of sp³-hybridized carbons (Fsp3) is 0.133. The predicted molar refractivity (Wildman–Crippen MR) is 80.0 cm³/mol. The number of halogens is 1. The molecule has 0 saturated carbocycles. The minimum atomic E-state index is -0.122. The van der Waals surface area contributed by atoms with Crippen molar-refractivity contribution in [2.75, 3.05) is 0 Å². The van der Waals surface area contributed by atoms with Crippen molar-refractivity contribution in [3.05, 3.63) is 57.7 Å². The molecule has 0 radical (unpaired) electrons. The van der Waals surface area contributed by atoms with Crippen LogP contribution in [0.2, 0.25) is 5.02 Å². The molecular formula is C15H12ClN3O. The second-order valence-corrected chi connectivity index (χ2v) is 5.01. The molecule has 5 heteroatoms. The quantitative estimate of drug-likeness (QED) is 0.691. The van der Waals surface area contributed by atoms with E-state index in [-0.39, 0.29) is 5.56 Å². The molecule has 100 valence electrons. The number of aryl methyl sites for hydroxylation is 2. The van der Waals surface area contributed by atoms with E-state index in [2.05, 4.69) is 9.97 Å². The van der Waals surface area contributed by atoms with Crippen LogP contribution in [0.5, 0.6) is 0 Å². The highest BCUT2D eigenvalue weighted by atomic mass is 35.5. The largest absolute Gasteiger partial charge is 0.295 e. The summed E-state index contributed by atoms with van der Waals surface area (Å²) in [5.74, 6) is 0.637. The van der Waals surface area contributed by atoms with Gasteiger partial charge in [0.25, 0.3) is 5.56 Å². The summed E-state index contributed by atoms with van der Waals surface area (Å²) in [5, 5.41) is 1.37. The summed E-state index contributed by atoms with van der Waals surface area (Å²) in [7, 11) is 1.71. The van der Waals surface area contributed by atoms with E-state index < -0.39 is 0 Å². The normalized spacial score (nSPS) is 10.9. The van der Waals surface area contributed by atoms with E-state index in [9.17, 15) is 4.79 Å². The molecule has 0 aliphatic rings. The Balaban J connectivity index is 2.39. The van der Waals surface area contributed by atoms with Crippen LogP contribution in [0.15, 0.2) is 41.3 Å². The van der Waals surface area contributed by atoms with Gasteiger partial charge in [-0.3, -0.25) is 9.36 Å². The molecule has 0 spiro atoms. The lowest BCUT2D eigenvalue weighted by molar-refractivity contribution is 0.878. The summed E-state index contributed by atoms with van der Waals surface area (Å²) in [4.78, 5) is 21.0. The Morgan fingerprint density at radius 2 is 1.95 bits per heavy atom. The molecule has 1 aromatic carbocycles. The molecule has 3 rings (SSSR count). The number of fused-ring (bicyclic) bond motifs is 1. The van der Waals surface area contributed by atoms with Gasteiger partial charge in [-0.05, 0) is 19.1 Å². The van der Waals surface area contributed by atoms with Crippen molar-refractivity contribution in [3.63, 3.8) is 0 Å². The van der Waals surface area contributed by atoms with E-state index >= 15 is 0 Å². The molecule has 0 unspecified atom stereocenters. The maximum Gasteiger partial charge on any atom is 0.259 e. The first kappa shape index (κ1) is 12.8.